The highest BCUT2D eigenvalue weighted by Gasteiger charge is 2.51. The molecular formula is C19H23BrFN3O4. The molecule has 7 nitrogen and oxygen atoms in total. The van der Waals surface area contributed by atoms with Crippen LogP contribution in [0.5, 0.6) is 5.75 Å². The number of nitrogens with zero attached hydrogens (tertiary/aromatic N) is 1. The molecule has 28 heavy (non-hydrogen) atoms. The minimum absolute atomic E-state index is 0.154. The zero-order valence-corrected chi connectivity index (χ0v) is 17.2. The number of ether oxygens (including phenoxy) is 1. The molecule has 1 atom stereocenters. The Kier molecular flexibility index (Phi) is 6.22. The summed E-state index contributed by atoms with van der Waals surface area (Å²) in [5.41, 5.74) is -0.703. The molecule has 1 saturated carbocycles. The van der Waals surface area contributed by atoms with E-state index in [-0.39, 0.29) is 24.4 Å². The fraction of sp³-hybridized carbons (Fsp3) is 0.526. The minimum Gasteiger partial charge on any atom is -0.480 e. The van der Waals surface area contributed by atoms with E-state index in [0.29, 0.717) is 36.0 Å². The summed E-state index contributed by atoms with van der Waals surface area (Å²) in [7, 11) is 0. The number of hydrogen-bond donors (Lipinski definition) is 2. The number of imide groups is 1. The van der Waals surface area contributed by atoms with E-state index in [2.05, 4.69) is 26.6 Å². The molecule has 1 aliphatic carbocycles. The van der Waals surface area contributed by atoms with Crippen LogP contribution in [-0.2, 0) is 9.59 Å². The van der Waals surface area contributed by atoms with Crippen LogP contribution in [0.3, 0.4) is 0 Å². The normalized spacial score (nSPS) is 19.0. The van der Waals surface area contributed by atoms with Gasteiger partial charge in [0.1, 0.15) is 17.1 Å². The van der Waals surface area contributed by atoms with Crippen LogP contribution in [0.2, 0.25) is 0 Å². The van der Waals surface area contributed by atoms with Crippen LogP contribution in [-0.4, -0.2) is 47.5 Å². The Morgan fingerprint density at radius 3 is 2.79 bits per heavy atom. The van der Waals surface area contributed by atoms with Crippen molar-refractivity contribution in [3.8, 4) is 5.75 Å². The van der Waals surface area contributed by atoms with Crippen molar-refractivity contribution in [2.24, 2.45) is 0 Å². The highest BCUT2D eigenvalue weighted by molar-refractivity contribution is 9.10. The third-order valence-electron chi connectivity index (χ3n) is 5.13. The van der Waals surface area contributed by atoms with Gasteiger partial charge in [-0.3, -0.25) is 14.5 Å². The lowest BCUT2D eigenvalue weighted by molar-refractivity contribution is -0.131. The van der Waals surface area contributed by atoms with E-state index < -0.39 is 17.5 Å². The predicted octanol–water partition coefficient (Wildman–Crippen LogP) is 2.73. The molecule has 1 unspecified atom stereocenters. The molecule has 1 saturated heterocycles. The first-order chi connectivity index (χ1) is 13.3. The second kappa shape index (κ2) is 8.46. The van der Waals surface area contributed by atoms with Crippen molar-refractivity contribution in [2.75, 3.05) is 13.1 Å². The highest BCUT2D eigenvalue weighted by Crippen LogP contribution is 2.35. The quantitative estimate of drug-likeness (QED) is 0.488. The van der Waals surface area contributed by atoms with Gasteiger partial charge in [0.15, 0.2) is 6.10 Å². The molecule has 1 aliphatic heterocycles. The van der Waals surface area contributed by atoms with Crippen LogP contribution in [0.25, 0.3) is 0 Å². The van der Waals surface area contributed by atoms with Crippen LogP contribution in [0.1, 0.15) is 39.0 Å². The van der Waals surface area contributed by atoms with Gasteiger partial charge in [0.2, 0.25) is 0 Å². The summed E-state index contributed by atoms with van der Waals surface area (Å²) in [6.07, 6.45) is 2.95. The van der Waals surface area contributed by atoms with Gasteiger partial charge in [0, 0.05) is 13.1 Å². The molecule has 3 rings (SSSR count). The number of benzene rings is 1. The first-order valence-corrected chi connectivity index (χ1v) is 10.2. The molecule has 152 valence electrons. The third kappa shape index (κ3) is 4.29. The Morgan fingerprint density at radius 1 is 1.39 bits per heavy atom. The number of amides is 4. The second-order valence-corrected chi connectivity index (χ2v) is 8.01. The first-order valence-electron chi connectivity index (χ1n) is 9.36. The fourth-order valence-electron chi connectivity index (χ4n) is 3.60. The molecule has 2 fully saturated rings. The molecule has 0 aromatic heterocycles. The average molecular weight is 456 g/mol. The molecule has 2 N–H and O–H groups in total. The lowest BCUT2D eigenvalue weighted by Gasteiger charge is -2.20. The molecule has 2 aliphatic rings. The van der Waals surface area contributed by atoms with Gasteiger partial charge in [-0.05, 0) is 60.3 Å². The topological polar surface area (TPSA) is 87.7 Å². The van der Waals surface area contributed by atoms with Crippen LogP contribution in [0, 0.1) is 5.82 Å². The number of hydrogen-bond acceptors (Lipinski definition) is 4. The second-order valence-electron chi connectivity index (χ2n) is 7.16. The van der Waals surface area contributed by atoms with Crippen LogP contribution in [0.4, 0.5) is 9.18 Å². The molecule has 1 aromatic rings. The number of carbonyl (C=O) groups is 3. The van der Waals surface area contributed by atoms with E-state index in [1.807, 2.05) is 0 Å². The van der Waals surface area contributed by atoms with E-state index in [0.717, 1.165) is 12.8 Å². The SMILES string of the molecule is CC(Oc1ccc(F)cc1Br)C(=O)NCCCN1C(=O)NC2(CCCC2)C1=O. The molecule has 0 bridgehead atoms. The summed E-state index contributed by atoms with van der Waals surface area (Å²) >= 11 is 3.19. The molecule has 4 amide bonds. The zero-order valence-electron chi connectivity index (χ0n) is 15.6. The van der Waals surface area contributed by atoms with Gasteiger partial charge in [-0.2, -0.15) is 0 Å². The van der Waals surface area contributed by atoms with Crippen molar-refractivity contribution in [3.63, 3.8) is 0 Å². The Morgan fingerprint density at radius 2 is 2.11 bits per heavy atom. The summed E-state index contributed by atoms with van der Waals surface area (Å²) in [6, 6.07) is 3.60. The van der Waals surface area contributed by atoms with E-state index >= 15 is 0 Å². The first kappa shape index (κ1) is 20.6. The standard InChI is InChI=1S/C19H23BrFN3O4/c1-12(28-15-6-5-13(21)11-14(15)20)16(25)22-9-4-10-24-17(26)19(23-18(24)27)7-2-3-8-19/h5-6,11-12H,2-4,7-10H2,1H3,(H,22,25)(H,23,27). The van der Waals surface area contributed by atoms with Crippen LogP contribution in [0.15, 0.2) is 22.7 Å². The van der Waals surface area contributed by atoms with Gasteiger partial charge in [0.05, 0.1) is 4.47 Å². The van der Waals surface area contributed by atoms with Crippen molar-refractivity contribution in [2.45, 2.75) is 50.7 Å². The maximum absolute atomic E-state index is 13.1. The predicted molar refractivity (Wildman–Crippen MR) is 103 cm³/mol. The van der Waals surface area contributed by atoms with Gasteiger partial charge in [-0.25, -0.2) is 9.18 Å². The number of carbonyl (C=O) groups excluding carboxylic acids is 3. The summed E-state index contributed by atoms with van der Waals surface area (Å²) in [4.78, 5) is 38.0. The average Bonchev–Trinajstić information content (AvgIpc) is 3.20. The third-order valence-corrected chi connectivity index (χ3v) is 5.75. The van der Waals surface area contributed by atoms with Gasteiger partial charge in [-0.15, -0.1) is 0 Å². The lowest BCUT2D eigenvalue weighted by Crippen LogP contribution is -2.44. The Bertz CT molecular complexity index is 782. The molecule has 1 aromatic carbocycles. The van der Waals surface area contributed by atoms with Crippen molar-refractivity contribution >= 4 is 33.8 Å². The number of nitrogens with one attached hydrogen (secondary N) is 2. The molecule has 0 radical (unpaired) electrons. The molecule has 1 heterocycles. The Balaban J connectivity index is 1.43. The van der Waals surface area contributed by atoms with Crippen LogP contribution < -0.4 is 15.4 Å². The number of halogens is 2. The van der Waals surface area contributed by atoms with Gasteiger partial charge < -0.3 is 15.4 Å². The van der Waals surface area contributed by atoms with E-state index in [4.69, 9.17) is 4.74 Å². The maximum Gasteiger partial charge on any atom is 0.325 e. The molecular weight excluding hydrogens is 433 g/mol. The number of urea groups is 1. The monoisotopic (exact) mass is 455 g/mol. The summed E-state index contributed by atoms with van der Waals surface area (Å²) in [6.45, 7) is 2.15. The van der Waals surface area contributed by atoms with Crippen molar-refractivity contribution in [1.82, 2.24) is 15.5 Å². The molecule has 9 heteroatoms. The van der Waals surface area contributed by atoms with Crippen molar-refractivity contribution in [1.29, 1.82) is 0 Å². The van der Waals surface area contributed by atoms with Gasteiger partial charge in [-0.1, -0.05) is 12.8 Å². The van der Waals surface area contributed by atoms with E-state index in [9.17, 15) is 18.8 Å². The van der Waals surface area contributed by atoms with Crippen molar-refractivity contribution < 1.29 is 23.5 Å². The highest BCUT2D eigenvalue weighted by atomic mass is 79.9. The maximum atomic E-state index is 13.1. The number of rotatable bonds is 7. The lowest BCUT2D eigenvalue weighted by atomic mass is 9.98. The van der Waals surface area contributed by atoms with Gasteiger partial charge >= 0.3 is 6.03 Å². The largest absolute Gasteiger partial charge is 0.480 e. The Labute approximate surface area is 171 Å². The molecule has 1 spiro atoms. The Hall–Kier alpha value is -2.16. The van der Waals surface area contributed by atoms with Crippen molar-refractivity contribution in [3.05, 3.63) is 28.5 Å². The van der Waals surface area contributed by atoms with E-state index in [1.165, 1.54) is 23.1 Å². The minimum atomic E-state index is -0.778. The van der Waals surface area contributed by atoms with Crippen LogP contribution >= 0.6 is 15.9 Å². The summed E-state index contributed by atoms with van der Waals surface area (Å²) < 4.78 is 19.1. The smallest absolute Gasteiger partial charge is 0.325 e. The fourth-order valence-corrected chi connectivity index (χ4v) is 4.05. The summed E-state index contributed by atoms with van der Waals surface area (Å²) in [5.74, 6) is -0.527. The zero-order chi connectivity index (χ0) is 20.3. The summed E-state index contributed by atoms with van der Waals surface area (Å²) in [5, 5.41) is 5.56. The van der Waals surface area contributed by atoms with E-state index in [1.54, 1.807) is 6.92 Å². The van der Waals surface area contributed by atoms with Gasteiger partial charge in [0.25, 0.3) is 11.8 Å².